The number of aromatic nitrogens is 2. The largest absolute Gasteiger partial charge is 0.297 e. The molecule has 4 rings (SSSR count). The van der Waals surface area contributed by atoms with Crippen LogP contribution in [0.25, 0.3) is 16.2 Å². The number of rotatable bonds is 6. The summed E-state index contributed by atoms with van der Waals surface area (Å²) < 4.78 is 29.6. The Morgan fingerprint density at radius 1 is 1.06 bits per heavy atom. The number of hydrogen-bond donors (Lipinski definition) is 1. The number of nitro groups is 2. The van der Waals surface area contributed by atoms with E-state index in [1.54, 1.807) is 12.1 Å². The Kier molecular flexibility index (Phi) is 4.91. The van der Waals surface area contributed by atoms with Crippen molar-refractivity contribution in [1.29, 1.82) is 0 Å². The van der Waals surface area contributed by atoms with E-state index in [0.29, 0.717) is 5.69 Å². The molecule has 0 spiro atoms. The Bertz CT molecular complexity index is 1380. The van der Waals surface area contributed by atoms with Crippen LogP contribution in [0.5, 0.6) is 0 Å². The quantitative estimate of drug-likeness (QED) is 0.338. The van der Waals surface area contributed by atoms with Crippen LogP contribution in [-0.2, 0) is 10.0 Å². The van der Waals surface area contributed by atoms with Gasteiger partial charge >= 0.3 is 0 Å². The third-order valence-corrected chi connectivity index (χ3v) is 6.69. The Morgan fingerprint density at radius 3 is 2.23 bits per heavy atom. The van der Waals surface area contributed by atoms with E-state index in [2.05, 4.69) is 9.71 Å². The first-order valence-corrected chi connectivity index (χ1v) is 11.0. The summed E-state index contributed by atoms with van der Waals surface area (Å²) >= 11 is 1.48. The molecule has 0 saturated carbocycles. The van der Waals surface area contributed by atoms with Crippen LogP contribution >= 0.6 is 11.3 Å². The molecule has 1 N–H and O–H groups in total. The molecular formula is C18H13N5O6S2. The van der Waals surface area contributed by atoms with E-state index in [1.807, 2.05) is 22.2 Å². The fourth-order valence-electron chi connectivity index (χ4n) is 2.98. The molecule has 0 unspecified atom stereocenters. The molecule has 13 heteroatoms. The molecule has 2 aromatic carbocycles. The fourth-order valence-corrected chi connectivity index (χ4v) is 4.78. The van der Waals surface area contributed by atoms with Crippen molar-refractivity contribution in [3.8, 4) is 11.3 Å². The van der Waals surface area contributed by atoms with E-state index in [0.717, 1.165) is 22.7 Å². The Hall–Kier alpha value is -3.84. The molecule has 4 aromatic rings. The van der Waals surface area contributed by atoms with Gasteiger partial charge in [-0.2, -0.15) is 0 Å². The van der Waals surface area contributed by atoms with Crippen LogP contribution in [0.1, 0.15) is 5.56 Å². The number of sulfonamides is 1. The Labute approximate surface area is 179 Å². The second-order valence-corrected chi connectivity index (χ2v) is 9.06. The summed E-state index contributed by atoms with van der Waals surface area (Å²) in [4.78, 5) is 25.4. The average molecular weight is 459 g/mol. The van der Waals surface area contributed by atoms with Gasteiger partial charge in [-0.3, -0.25) is 29.4 Å². The van der Waals surface area contributed by atoms with E-state index in [4.69, 9.17) is 0 Å². The van der Waals surface area contributed by atoms with Crippen LogP contribution in [0.15, 0.2) is 59.1 Å². The standard InChI is InChI=1S/C18H13N5O6S2/c1-11-16(22(24)25)8-14(9-17(11)23(26)27)31(28,29)20-13-4-2-12(3-5-13)15-10-21-6-7-30-18(21)19-15/h2-10,20H,1H3. The van der Waals surface area contributed by atoms with Gasteiger partial charge in [0.15, 0.2) is 4.96 Å². The van der Waals surface area contributed by atoms with Gasteiger partial charge in [-0.25, -0.2) is 13.4 Å². The van der Waals surface area contributed by atoms with Crippen LogP contribution < -0.4 is 4.72 Å². The predicted octanol–water partition coefficient (Wildman–Crippen LogP) is 3.99. The lowest BCUT2D eigenvalue weighted by Crippen LogP contribution is -2.14. The Balaban J connectivity index is 1.65. The topological polar surface area (TPSA) is 150 Å². The van der Waals surface area contributed by atoms with E-state index < -0.39 is 36.1 Å². The summed E-state index contributed by atoms with van der Waals surface area (Å²) in [6.45, 7) is 1.19. The highest BCUT2D eigenvalue weighted by molar-refractivity contribution is 7.92. The number of nitro benzene ring substituents is 2. The molecule has 0 amide bonds. The van der Waals surface area contributed by atoms with Crippen LogP contribution in [0.4, 0.5) is 17.1 Å². The maximum Gasteiger partial charge on any atom is 0.280 e. The van der Waals surface area contributed by atoms with Gasteiger partial charge in [0, 0.05) is 41.2 Å². The highest BCUT2D eigenvalue weighted by Crippen LogP contribution is 2.32. The van der Waals surface area contributed by atoms with Crippen molar-refractivity contribution in [2.45, 2.75) is 11.8 Å². The van der Waals surface area contributed by atoms with Gasteiger partial charge in [0.05, 0.1) is 15.5 Å². The van der Waals surface area contributed by atoms with Gasteiger partial charge in [0.25, 0.3) is 21.4 Å². The van der Waals surface area contributed by atoms with E-state index in [9.17, 15) is 28.6 Å². The van der Waals surface area contributed by atoms with Gasteiger partial charge in [-0.05, 0) is 19.1 Å². The van der Waals surface area contributed by atoms with Crippen LogP contribution in [0.2, 0.25) is 0 Å². The number of anilines is 1. The lowest BCUT2D eigenvalue weighted by molar-refractivity contribution is -0.395. The van der Waals surface area contributed by atoms with Crippen molar-refractivity contribution in [2.75, 3.05) is 4.72 Å². The molecule has 158 valence electrons. The van der Waals surface area contributed by atoms with Crippen LogP contribution in [0, 0.1) is 27.2 Å². The summed E-state index contributed by atoms with van der Waals surface area (Å²) in [5.41, 5.74) is 0.148. The first-order chi connectivity index (χ1) is 14.7. The number of nitrogens with one attached hydrogen (secondary N) is 1. The normalized spacial score (nSPS) is 11.5. The first-order valence-electron chi connectivity index (χ1n) is 8.64. The molecule has 2 heterocycles. The minimum absolute atomic E-state index is 0.190. The van der Waals surface area contributed by atoms with Gasteiger partial charge in [-0.15, -0.1) is 11.3 Å². The molecule has 11 nitrogen and oxygen atoms in total. The lowest BCUT2D eigenvalue weighted by atomic mass is 10.1. The van der Waals surface area contributed by atoms with Gasteiger partial charge in [0.1, 0.15) is 10.5 Å². The summed E-state index contributed by atoms with van der Waals surface area (Å²) in [6.07, 6.45) is 3.72. The third kappa shape index (κ3) is 3.83. The first kappa shape index (κ1) is 20.4. The van der Waals surface area contributed by atoms with Crippen molar-refractivity contribution in [3.05, 3.63) is 80.0 Å². The zero-order valence-electron chi connectivity index (χ0n) is 15.8. The zero-order chi connectivity index (χ0) is 22.3. The lowest BCUT2D eigenvalue weighted by Gasteiger charge is -2.09. The van der Waals surface area contributed by atoms with Gasteiger partial charge < -0.3 is 0 Å². The second kappa shape index (κ2) is 7.45. The molecule has 31 heavy (non-hydrogen) atoms. The van der Waals surface area contributed by atoms with E-state index >= 15 is 0 Å². The highest BCUT2D eigenvalue weighted by atomic mass is 32.2. The van der Waals surface area contributed by atoms with E-state index in [1.165, 1.54) is 30.4 Å². The Morgan fingerprint density at radius 2 is 1.68 bits per heavy atom. The summed E-state index contributed by atoms with van der Waals surface area (Å²) in [6, 6.07) is 7.97. The minimum atomic E-state index is -4.31. The number of benzene rings is 2. The zero-order valence-corrected chi connectivity index (χ0v) is 17.4. The summed E-state index contributed by atoms with van der Waals surface area (Å²) in [7, 11) is -4.31. The summed E-state index contributed by atoms with van der Waals surface area (Å²) in [5, 5.41) is 24.3. The van der Waals surface area contributed by atoms with Crippen LogP contribution in [0.3, 0.4) is 0 Å². The molecule has 0 atom stereocenters. The number of nitrogens with zero attached hydrogens (tertiary/aromatic N) is 4. The number of thiazole rings is 1. The van der Waals surface area contributed by atoms with Crippen molar-refractivity contribution in [2.24, 2.45) is 0 Å². The second-order valence-electron chi connectivity index (χ2n) is 6.50. The van der Waals surface area contributed by atoms with Gasteiger partial charge in [0.2, 0.25) is 0 Å². The third-order valence-electron chi connectivity index (χ3n) is 4.56. The van der Waals surface area contributed by atoms with Crippen molar-refractivity contribution >= 4 is 43.4 Å². The molecule has 2 aromatic heterocycles. The molecule has 0 aliphatic heterocycles. The number of imidazole rings is 1. The maximum absolute atomic E-state index is 12.7. The fraction of sp³-hybridized carbons (Fsp3) is 0.0556. The van der Waals surface area contributed by atoms with Crippen molar-refractivity contribution in [1.82, 2.24) is 9.38 Å². The van der Waals surface area contributed by atoms with Gasteiger partial charge in [-0.1, -0.05) is 12.1 Å². The predicted molar refractivity (Wildman–Crippen MR) is 114 cm³/mol. The maximum atomic E-state index is 12.7. The number of hydrogen-bond acceptors (Lipinski definition) is 8. The molecule has 0 radical (unpaired) electrons. The molecule has 0 bridgehead atoms. The number of fused-ring (bicyclic) bond motifs is 1. The molecule has 0 fully saturated rings. The average Bonchev–Trinajstić information content (AvgIpc) is 3.30. The molecule has 0 aliphatic rings. The molecular weight excluding hydrogens is 446 g/mol. The smallest absolute Gasteiger partial charge is 0.280 e. The van der Waals surface area contributed by atoms with Crippen LogP contribution in [-0.4, -0.2) is 27.6 Å². The minimum Gasteiger partial charge on any atom is -0.297 e. The monoisotopic (exact) mass is 459 g/mol. The highest BCUT2D eigenvalue weighted by Gasteiger charge is 2.28. The molecule has 0 saturated heterocycles. The van der Waals surface area contributed by atoms with E-state index in [-0.39, 0.29) is 11.3 Å². The van der Waals surface area contributed by atoms with Crippen molar-refractivity contribution < 1.29 is 18.3 Å². The van der Waals surface area contributed by atoms with Crippen molar-refractivity contribution in [3.63, 3.8) is 0 Å². The molecule has 0 aliphatic carbocycles. The summed E-state index contributed by atoms with van der Waals surface area (Å²) in [5.74, 6) is 0. The SMILES string of the molecule is Cc1c([N+](=O)[O-])cc(S(=O)(=O)Nc2ccc(-c3cn4ccsc4n3)cc2)cc1[N+](=O)[O-].